The lowest BCUT2D eigenvalue weighted by atomic mass is 9.92. The zero-order chi connectivity index (χ0) is 32.0. The van der Waals surface area contributed by atoms with Crippen molar-refractivity contribution in [1.29, 1.82) is 0 Å². The van der Waals surface area contributed by atoms with Crippen LogP contribution < -0.4 is 15.0 Å². The number of hydroxylamine groups is 1. The summed E-state index contributed by atoms with van der Waals surface area (Å²) < 4.78 is 18.6. The lowest BCUT2D eigenvalue weighted by Gasteiger charge is -2.26. The molecule has 2 heterocycles. The van der Waals surface area contributed by atoms with Crippen LogP contribution in [-0.4, -0.2) is 33.5 Å². The monoisotopic (exact) mass is 649 g/mol. The van der Waals surface area contributed by atoms with Crippen LogP contribution in [0.2, 0.25) is 5.02 Å². The van der Waals surface area contributed by atoms with Crippen molar-refractivity contribution in [2.45, 2.75) is 70.2 Å². The van der Waals surface area contributed by atoms with Crippen LogP contribution in [0, 0.1) is 6.92 Å². The SMILES string of the molecule is CCCCOc1ccc(C)cc1SOONC(C)(CC)c1[nH]n2nc(-c3ccc(C(C)c4ccccc4OC)cc3)nc2c1Cl. The van der Waals surface area contributed by atoms with E-state index in [-0.39, 0.29) is 5.92 Å². The summed E-state index contributed by atoms with van der Waals surface area (Å²) in [5.41, 5.74) is 7.80. The number of para-hydroxylation sites is 1. The number of fused-ring (bicyclic) bond motifs is 1. The standard InChI is InChI=1S/C34H40ClN5O4S/c1-7-9-20-42-28-19-14-22(3)21-29(28)45-44-43-39-34(5,8-2)31-30(35)33-36-32(38-40(33)37-31)25-17-15-24(16-18-25)23(4)26-12-10-11-13-27(26)41-6/h10-19,21,23,37,39H,7-9,20H2,1-6H3. The average Bonchev–Trinajstić information content (AvgIpc) is 3.63. The number of aromatic nitrogens is 4. The second-order valence-electron chi connectivity index (χ2n) is 11.2. The summed E-state index contributed by atoms with van der Waals surface area (Å²) in [6.07, 6.45) is 2.69. The van der Waals surface area contributed by atoms with Crippen LogP contribution in [0.5, 0.6) is 11.5 Å². The molecule has 0 radical (unpaired) electrons. The third-order valence-corrected chi connectivity index (χ3v) is 9.05. The first kappa shape index (κ1) is 32.8. The molecule has 45 heavy (non-hydrogen) atoms. The second-order valence-corrected chi connectivity index (χ2v) is 12.4. The summed E-state index contributed by atoms with van der Waals surface area (Å²) in [6, 6.07) is 22.3. The van der Waals surface area contributed by atoms with Crippen molar-refractivity contribution in [3.63, 3.8) is 0 Å². The molecule has 0 bridgehead atoms. The molecule has 5 aromatic rings. The van der Waals surface area contributed by atoms with Gasteiger partial charge in [0.05, 0.1) is 41.9 Å². The number of aromatic amines is 1. The number of methoxy groups -OCH3 is 1. The number of hydrogen-bond acceptors (Lipinski definition) is 8. The Morgan fingerprint density at radius 2 is 1.84 bits per heavy atom. The minimum atomic E-state index is -0.719. The van der Waals surface area contributed by atoms with Crippen LogP contribution >= 0.6 is 23.6 Å². The van der Waals surface area contributed by atoms with Gasteiger partial charge in [-0.25, -0.2) is 4.98 Å². The Balaban J connectivity index is 1.26. The number of H-pyrrole nitrogens is 1. The van der Waals surface area contributed by atoms with Crippen molar-refractivity contribution >= 4 is 29.3 Å². The number of aryl methyl sites for hydroxylation is 1. The highest BCUT2D eigenvalue weighted by Gasteiger charge is 2.32. The number of nitrogens with one attached hydrogen (secondary N) is 2. The van der Waals surface area contributed by atoms with Crippen molar-refractivity contribution in [2.75, 3.05) is 13.7 Å². The van der Waals surface area contributed by atoms with Crippen LogP contribution in [0.15, 0.2) is 71.6 Å². The lowest BCUT2D eigenvalue weighted by molar-refractivity contribution is -0.268. The summed E-state index contributed by atoms with van der Waals surface area (Å²) in [5, 5.41) is 8.42. The Morgan fingerprint density at radius 1 is 1.07 bits per heavy atom. The van der Waals surface area contributed by atoms with E-state index in [0.717, 1.165) is 58.0 Å². The predicted octanol–water partition coefficient (Wildman–Crippen LogP) is 8.81. The molecule has 9 nitrogen and oxygen atoms in total. The van der Waals surface area contributed by atoms with Crippen LogP contribution in [-0.2, 0) is 14.9 Å². The Hall–Kier alpha value is -3.54. The molecule has 0 amide bonds. The van der Waals surface area contributed by atoms with Gasteiger partial charge in [-0.2, -0.15) is 10.1 Å². The smallest absolute Gasteiger partial charge is 0.194 e. The van der Waals surface area contributed by atoms with E-state index in [9.17, 15) is 0 Å². The minimum absolute atomic E-state index is 0.165. The van der Waals surface area contributed by atoms with Crippen molar-refractivity contribution in [3.05, 3.63) is 94.1 Å². The van der Waals surface area contributed by atoms with E-state index in [2.05, 4.69) is 47.7 Å². The summed E-state index contributed by atoms with van der Waals surface area (Å²) in [4.78, 5) is 11.1. The van der Waals surface area contributed by atoms with Crippen LogP contribution in [0.25, 0.3) is 17.0 Å². The fourth-order valence-electron chi connectivity index (χ4n) is 5.00. The molecule has 2 aromatic heterocycles. The van der Waals surface area contributed by atoms with E-state index in [1.807, 2.05) is 69.3 Å². The van der Waals surface area contributed by atoms with Crippen LogP contribution in [0.1, 0.15) is 75.3 Å². The molecule has 0 saturated heterocycles. The fourth-order valence-corrected chi connectivity index (χ4v) is 5.96. The maximum absolute atomic E-state index is 6.87. The molecule has 0 aliphatic heterocycles. The number of unbranched alkanes of at least 4 members (excludes halogenated alkanes) is 1. The lowest BCUT2D eigenvalue weighted by Crippen LogP contribution is -2.39. The van der Waals surface area contributed by atoms with E-state index in [0.29, 0.717) is 35.2 Å². The molecule has 11 heteroatoms. The van der Waals surface area contributed by atoms with Gasteiger partial charge in [0.2, 0.25) is 0 Å². The van der Waals surface area contributed by atoms with Crippen LogP contribution in [0.4, 0.5) is 0 Å². The topological polar surface area (TPSA) is 94.9 Å². The molecule has 238 valence electrons. The molecule has 0 spiro atoms. The maximum Gasteiger partial charge on any atom is 0.194 e. The second kappa shape index (κ2) is 14.7. The molecular weight excluding hydrogens is 610 g/mol. The highest BCUT2D eigenvalue weighted by Crippen LogP contribution is 2.36. The molecule has 0 saturated carbocycles. The maximum atomic E-state index is 6.87. The van der Waals surface area contributed by atoms with Gasteiger partial charge in [0.15, 0.2) is 11.5 Å². The Kier molecular flexibility index (Phi) is 10.7. The largest absolute Gasteiger partial charge is 0.496 e. The average molecular weight is 650 g/mol. The zero-order valence-corrected chi connectivity index (χ0v) is 28.1. The molecule has 2 unspecified atom stereocenters. The Bertz CT molecular complexity index is 1720. The van der Waals surface area contributed by atoms with Gasteiger partial charge in [-0.3, -0.25) is 5.10 Å². The number of benzene rings is 3. The molecule has 0 fully saturated rings. The van der Waals surface area contributed by atoms with Gasteiger partial charge in [-0.15, -0.1) is 14.4 Å². The van der Waals surface area contributed by atoms with E-state index in [1.165, 1.54) is 5.56 Å². The highest BCUT2D eigenvalue weighted by molar-refractivity contribution is 7.94. The van der Waals surface area contributed by atoms with E-state index in [1.54, 1.807) is 11.7 Å². The molecule has 2 atom stereocenters. The van der Waals surface area contributed by atoms with Gasteiger partial charge in [0.25, 0.3) is 0 Å². The van der Waals surface area contributed by atoms with E-state index >= 15 is 0 Å². The highest BCUT2D eigenvalue weighted by atomic mass is 35.5. The van der Waals surface area contributed by atoms with Crippen molar-refractivity contribution in [1.82, 2.24) is 25.3 Å². The number of rotatable bonds is 15. The summed E-state index contributed by atoms with van der Waals surface area (Å²) in [7, 11) is 1.70. The van der Waals surface area contributed by atoms with E-state index in [4.69, 9.17) is 35.4 Å². The first-order chi connectivity index (χ1) is 21.8. The molecule has 0 aliphatic rings. The van der Waals surface area contributed by atoms with Crippen molar-refractivity contribution in [3.8, 4) is 22.9 Å². The Morgan fingerprint density at radius 3 is 2.56 bits per heavy atom. The van der Waals surface area contributed by atoms with Crippen molar-refractivity contribution in [2.24, 2.45) is 0 Å². The number of nitrogens with zero attached hydrogens (tertiary/aromatic N) is 3. The van der Waals surface area contributed by atoms with Gasteiger partial charge >= 0.3 is 0 Å². The fraction of sp³-hybridized carbons (Fsp3) is 0.353. The first-order valence-corrected chi connectivity index (χ1v) is 16.3. The minimum Gasteiger partial charge on any atom is -0.496 e. The summed E-state index contributed by atoms with van der Waals surface area (Å²) >= 11 is 7.96. The third kappa shape index (κ3) is 7.31. The molecule has 5 rings (SSSR count). The zero-order valence-electron chi connectivity index (χ0n) is 26.5. The van der Waals surface area contributed by atoms with Gasteiger partial charge in [0, 0.05) is 17.0 Å². The summed E-state index contributed by atoms with van der Waals surface area (Å²) in [5.74, 6) is 2.38. The molecule has 2 N–H and O–H groups in total. The van der Waals surface area contributed by atoms with Crippen LogP contribution in [0.3, 0.4) is 0 Å². The predicted molar refractivity (Wildman–Crippen MR) is 179 cm³/mol. The summed E-state index contributed by atoms with van der Waals surface area (Å²) in [6.45, 7) is 11.0. The number of hydrogen-bond donors (Lipinski definition) is 2. The molecule has 3 aromatic carbocycles. The quantitative estimate of drug-likeness (QED) is 0.0503. The molecule has 0 aliphatic carbocycles. The van der Waals surface area contributed by atoms with Crippen molar-refractivity contribution < 1.29 is 18.8 Å². The van der Waals surface area contributed by atoms with Gasteiger partial charge < -0.3 is 9.47 Å². The number of halogens is 1. The molecular formula is C34H40ClN5O4S. The van der Waals surface area contributed by atoms with Gasteiger partial charge in [-0.1, -0.05) is 87.3 Å². The van der Waals surface area contributed by atoms with Gasteiger partial charge in [-0.05, 0) is 56.0 Å². The van der Waals surface area contributed by atoms with E-state index < -0.39 is 5.54 Å². The van der Waals surface area contributed by atoms with Gasteiger partial charge in [0.1, 0.15) is 16.5 Å². The first-order valence-electron chi connectivity index (χ1n) is 15.2. The Labute approximate surface area is 273 Å². The number of ether oxygens (including phenoxy) is 2. The normalized spacial score (nSPS) is 13.6. The third-order valence-electron chi connectivity index (χ3n) is 8.05.